The van der Waals surface area contributed by atoms with Crippen molar-refractivity contribution >= 4 is 12.0 Å². The Labute approximate surface area is 140 Å². The Morgan fingerprint density at radius 2 is 2.04 bits per heavy atom. The lowest BCUT2D eigenvalue weighted by Gasteiger charge is -2.19. The molecule has 24 heavy (non-hydrogen) atoms. The Balaban J connectivity index is 2.07. The maximum Gasteiger partial charge on any atom is 0.315 e. The van der Waals surface area contributed by atoms with Gasteiger partial charge < -0.3 is 15.7 Å². The molecule has 0 radical (unpaired) electrons. The monoisotopic (exact) mass is 327 g/mol. The van der Waals surface area contributed by atoms with Crippen LogP contribution in [0.4, 0.5) is 4.79 Å². The molecular weight excluding hydrogens is 306 g/mol. The van der Waals surface area contributed by atoms with Gasteiger partial charge in [0.25, 0.3) is 0 Å². The number of carboxylic acids is 1. The van der Waals surface area contributed by atoms with Crippen molar-refractivity contribution in [3.8, 4) is 0 Å². The highest BCUT2D eigenvalue weighted by atomic mass is 16.4. The number of aromatic nitrogens is 1. The van der Waals surface area contributed by atoms with E-state index in [4.69, 9.17) is 5.11 Å². The van der Waals surface area contributed by atoms with E-state index in [1.54, 1.807) is 6.20 Å². The van der Waals surface area contributed by atoms with Gasteiger partial charge in [-0.2, -0.15) is 0 Å². The zero-order chi connectivity index (χ0) is 17.4. The second-order valence-corrected chi connectivity index (χ2v) is 5.50. The van der Waals surface area contributed by atoms with Gasteiger partial charge in [0.1, 0.15) is 0 Å². The van der Waals surface area contributed by atoms with Crippen LogP contribution >= 0.6 is 0 Å². The Kier molecular flexibility index (Phi) is 6.31. The number of aryl methyl sites for hydroxylation is 1. The Morgan fingerprint density at radius 3 is 2.71 bits per heavy atom. The number of carbonyl (C=O) groups excluding carboxylic acids is 1. The summed E-state index contributed by atoms with van der Waals surface area (Å²) in [4.78, 5) is 27.0. The number of hydrogen-bond donors (Lipinski definition) is 3. The van der Waals surface area contributed by atoms with Gasteiger partial charge in [-0.25, -0.2) is 4.79 Å². The molecule has 0 saturated heterocycles. The summed E-state index contributed by atoms with van der Waals surface area (Å²) in [6.07, 6.45) is 2.11. The second kappa shape index (κ2) is 8.67. The standard InChI is InChI=1S/C18H21N3O3/c1-13-6-4-7-14(12-13)17(15-8-2-3-10-19-15)21-18(24)20-11-5-9-16(22)23/h2-4,6-8,10,12,17H,5,9,11H2,1H3,(H,22,23)(H2,20,21,24). The van der Waals surface area contributed by atoms with E-state index in [0.29, 0.717) is 13.0 Å². The minimum atomic E-state index is -0.872. The normalized spacial score (nSPS) is 11.5. The summed E-state index contributed by atoms with van der Waals surface area (Å²) >= 11 is 0. The van der Waals surface area contributed by atoms with Crippen LogP contribution in [0.15, 0.2) is 48.7 Å². The number of carboxylic acid groups (broad SMARTS) is 1. The lowest BCUT2D eigenvalue weighted by Crippen LogP contribution is -2.39. The van der Waals surface area contributed by atoms with Gasteiger partial charge in [0, 0.05) is 19.2 Å². The van der Waals surface area contributed by atoms with Gasteiger partial charge in [-0.3, -0.25) is 9.78 Å². The molecule has 1 atom stereocenters. The van der Waals surface area contributed by atoms with Crippen molar-refractivity contribution < 1.29 is 14.7 Å². The highest BCUT2D eigenvalue weighted by Gasteiger charge is 2.17. The van der Waals surface area contributed by atoms with E-state index < -0.39 is 5.97 Å². The van der Waals surface area contributed by atoms with Crippen molar-refractivity contribution in [2.24, 2.45) is 0 Å². The smallest absolute Gasteiger partial charge is 0.315 e. The first-order chi connectivity index (χ1) is 11.6. The van der Waals surface area contributed by atoms with Gasteiger partial charge in [0.15, 0.2) is 0 Å². The number of pyridine rings is 1. The van der Waals surface area contributed by atoms with Crippen LogP contribution in [0.25, 0.3) is 0 Å². The lowest BCUT2D eigenvalue weighted by molar-refractivity contribution is -0.137. The summed E-state index contributed by atoms with van der Waals surface area (Å²) in [5.41, 5.74) is 2.77. The molecule has 2 rings (SSSR count). The zero-order valence-electron chi connectivity index (χ0n) is 13.5. The molecule has 1 heterocycles. The van der Waals surface area contributed by atoms with Crippen LogP contribution in [-0.4, -0.2) is 28.6 Å². The summed E-state index contributed by atoms with van der Waals surface area (Å²) in [7, 11) is 0. The molecule has 0 aliphatic carbocycles. The first-order valence-corrected chi connectivity index (χ1v) is 7.80. The molecule has 1 unspecified atom stereocenters. The van der Waals surface area contributed by atoms with Crippen LogP contribution in [-0.2, 0) is 4.79 Å². The molecule has 0 aliphatic heterocycles. The number of rotatable bonds is 7. The third-order valence-electron chi connectivity index (χ3n) is 3.49. The van der Waals surface area contributed by atoms with Crippen molar-refractivity contribution in [1.29, 1.82) is 0 Å². The number of hydrogen-bond acceptors (Lipinski definition) is 3. The highest BCUT2D eigenvalue weighted by Crippen LogP contribution is 2.21. The number of amides is 2. The fourth-order valence-corrected chi connectivity index (χ4v) is 2.35. The van der Waals surface area contributed by atoms with Gasteiger partial charge >= 0.3 is 12.0 Å². The van der Waals surface area contributed by atoms with Crippen LogP contribution in [0.2, 0.25) is 0 Å². The van der Waals surface area contributed by atoms with Crippen LogP contribution in [0.5, 0.6) is 0 Å². The third kappa shape index (κ3) is 5.39. The first-order valence-electron chi connectivity index (χ1n) is 7.80. The van der Waals surface area contributed by atoms with E-state index in [1.807, 2.05) is 49.4 Å². The first kappa shape index (κ1) is 17.5. The number of urea groups is 1. The lowest BCUT2D eigenvalue weighted by atomic mass is 10.0. The van der Waals surface area contributed by atoms with E-state index in [-0.39, 0.29) is 18.5 Å². The van der Waals surface area contributed by atoms with Crippen LogP contribution < -0.4 is 10.6 Å². The molecule has 0 aliphatic rings. The minimum Gasteiger partial charge on any atom is -0.481 e. The predicted octanol–water partition coefficient (Wildman–Crippen LogP) is 2.64. The number of nitrogens with zero attached hydrogens (tertiary/aromatic N) is 1. The van der Waals surface area contributed by atoms with Crippen LogP contribution in [0.3, 0.4) is 0 Å². The average molecular weight is 327 g/mol. The fourth-order valence-electron chi connectivity index (χ4n) is 2.35. The van der Waals surface area contributed by atoms with Gasteiger partial charge in [0.2, 0.25) is 0 Å². The largest absolute Gasteiger partial charge is 0.481 e. The van der Waals surface area contributed by atoms with Crippen molar-refractivity contribution in [3.63, 3.8) is 0 Å². The molecular formula is C18H21N3O3. The highest BCUT2D eigenvalue weighted by molar-refractivity contribution is 5.75. The molecule has 1 aromatic carbocycles. The molecule has 0 saturated carbocycles. The molecule has 6 heteroatoms. The van der Waals surface area contributed by atoms with Gasteiger partial charge in [-0.1, -0.05) is 35.9 Å². The quantitative estimate of drug-likeness (QED) is 0.682. The topological polar surface area (TPSA) is 91.3 Å². The summed E-state index contributed by atoms with van der Waals surface area (Å²) in [6.45, 7) is 2.30. The summed E-state index contributed by atoms with van der Waals surface area (Å²) in [5.74, 6) is -0.872. The average Bonchev–Trinajstić information content (AvgIpc) is 2.57. The molecule has 0 bridgehead atoms. The summed E-state index contributed by atoms with van der Waals surface area (Å²) < 4.78 is 0. The van der Waals surface area contributed by atoms with Crippen molar-refractivity contribution in [2.75, 3.05) is 6.54 Å². The maximum atomic E-state index is 12.1. The SMILES string of the molecule is Cc1cccc(C(NC(=O)NCCCC(=O)O)c2ccccn2)c1. The van der Waals surface area contributed by atoms with E-state index in [2.05, 4.69) is 15.6 Å². The fraction of sp³-hybridized carbons (Fsp3) is 0.278. The van der Waals surface area contributed by atoms with E-state index >= 15 is 0 Å². The summed E-state index contributed by atoms with van der Waals surface area (Å²) in [5, 5.41) is 14.2. The number of nitrogens with one attached hydrogen (secondary N) is 2. The number of aliphatic carboxylic acids is 1. The van der Waals surface area contributed by atoms with Gasteiger partial charge in [-0.05, 0) is 31.0 Å². The van der Waals surface area contributed by atoms with E-state index in [9.17, 15) is 9.59 Å². The second-order valence-electron chi connectivity index (χ2n) is 5.50. The van der Waals surface area contributed by atoms with Crippen LogP contribution in [0, 0.1) is 6.92 Å². The molecule has 2 amide bonds. The number of carbonyl (C=O) groups is 2. The Bertz CT molecular complexity index is 689. The van der Waals surface area contributed by atoms with Crippen molar-refractivity contribution in [1.82, 2.24) is 15.6 Å². The zero-order valence-corrected chi connectivity index (χ0v) is 13.5. The van der Waals surface area contributed by atoms with Gasteiger partial charge in [0.05, 0.1) is 11.7 Å². The molecule has 1 aromatic heterocycles. The maximum absolute atomic E-state index is 12.1. The van der Waals surface area contributed by atoms with Crippen LogP contribution in [0.1, 0.15) is 35.7 Å². The molecule has 126 valence electrons. The Hall–Kier alpha value is -2.89. The predicted molar refractivity (Wildman–Crippen MR) is 90.7 cm³/mol. The molecule has 6 nitrogen and oxygen atoms in total. The van der Waals surface area contributed by atoms with E-state index in [0.717, 1.165) is 16.8 Å². The van der Waals surface area contributed by atoms with Gasteiger partial charge in [-0.15, -0.1) is 0 Å². The molecule has 0 spiro atoms. The molecule has 2 aromatic rings. The number of benzene rings is 1. The van der Waals surface area contributed by atoms with Crippen molar-refractivity contribution in [2.45, 2.75) is 25.8 Å². The minimum absolute atomic E-state index is 0.0296. The Morgan fingerprint density at radius 1 is 1.21 bits per heavy atom. The summed E-state index contributed by atoms with van der Waals surface area (Å²) in [6, 6.07) is 12.7. The molecule has 3 N–H and O–H groups in total. The van der Waals surface area contributed by atoms with Crippen molar-refractivity contribution in [3.05, 3.63) is 65.5 Å². The molecule has 0 fully saturated rings. The third-order valence-corrected chi connectivity index (χ3v) is 3.49. The van der Waals surface area contributed by atoms with E-state index in [1.165, 1.54) is 0 Å².